The second-order valence-electron chi connectivity index (χ2n) is 9.15. The van der Waals surface area contributed by atoms with Crippen LogP contribution < -0.4 is 14.2 Å². The predicted molar refractivity (Wildman–Crippen MR) is 129 cm³/mol. The maximum Gasteiger partial charge on any atom is 0.203 e. The van der Waals surface area contributed by atoms with Crippen LogP contribution in [0.4, 0.5) is 0 Å². The molecule has 3 heterocycles. The Morgan fingerprint density at radius 1 is 1.00 bits per heavy atom. The Balaban J connectivity index is 1.50. The standard InChI is InChI=1S/C25H34N6O4/c1-32-21-15-18(16-22(33-2)24(21)34-3)23(25-26-27-28-31(25)17-20-9-6-14-35-20)30-12-10-29(11-13-30)19-7-4-5-8-19/h6,9,14-16,19,23H,4-5,7-8,10-13,17H2,1-3H3/t23-/m0/s1. The van der Waals surface area contributed by atoms with Gasteiger partial charge >= 0.3 is 0 Å². The van der Waals surface area contributed by atoms with E-state index >= 15 is 0 Å². The summed E-state index contributed by atoms with van der Waals surface area (Å²) in [6.45, 7) is 4.37. The molecule has 0 bridgehead atoms. The quantitative estimate of drug-likeness (QED) is 0.456. The normalized spacial score (nSPS) is 18.6. The van der Waals surface area contributed by atoms with Crippen LogP contribution in [0.15, 0.2) is 34.9 Å². The second kappa shape index (κ2) is 10.7. The van der Waals surface area contributed by atoms with Crippen molar-refractivity contribution < 1.29 is 18.6 Å². The molecule has 0 spiro atoms. The molecule has 1 saturated heterocycles. The largest absolute Gasteiger partial charge is 0.493 e. The summed E-state index contributed by atoms with van der Waals surface area (Å²) in [6, 6.07) is 8.35. The zero-order valence-corrected chi connectivity index (χ0v) is 20.7. The van der Waals surface area contributed by atoms with E-state index in [0.717, 1.165) is 49.4 Å². The Bertz CT molecular complexity index is 1060. The van der Waals surface area contributed by atoms with Gasteiger partial charge in [-0.05, 0) is 53.1 Å². The minimum absolute atomic E-state index is 0.181. The Kier molecular flexibility index (Phi) is 7.19. The van der Waals surface area contributed by atoms with Crippen molar-refractivity contribution in [1.29, 1.82) is 0 Å². The van der Waals surface area contributed by atoms with Crippen molar-refractivity contribution in [3.05, 3.63) is 47.7 Å². The van der Waals surface area contributed by atoms with Crippen molar-refractivity contribution in [2.75, 3.05) is 47.5 Å². The second-order valence-corrected chi connectivity index (χ2v) is 9.15. The molecule has 2 aliphatic rings. The van der Waals surface area contributed by atoms with E-state index in [2.05, 4.69) is 25.3 Å². The Morgan fingerprint density at radius 3 is 2.31 bits per heavy atom. The fourth-order valence-corrected chi connectivity index (χ4v) is 5.48. The highest BCUT2D eigenvalue weighted by Crippen LogP contribution is 2.42. The molecule has 0 amide bonds. The summed E-state index contributed by atoms with van der Waals surface area (Å²) < 4.78 is 24.3. The van der Waals surface area contributed by atoms with Gasteiger partial charge in [0.2, 0.25) is 5.75 Å². The third-order valence-corrected chi connectivity index (χ3v) is 7.25. The molecular formula is C25H34N6O4. The first kappa shape index (κ1) is 23.6. The first-order valence-electron chi connectivity index (χ1n) is 12.3. The molecule has 1 aliphatic carbocycles. The lowest BCUT2D eigenvalue weighted by Crippen LogP contribution is -2.51. The molecular weight excluding hydrogens is 448 g/mol. The van der Waals surface area contributed by atoms with Gasteiger partial charge in [0.1, 0.15) is 12.3 Å². The van der Waals surface area contributed by atoms with Crippen molar-refractivity contribution in [2.45, 2.75) is 44.3 Å². The lowest BCUT2D eigenvalue weighted by atomic mass is 10.0. The van der Waals surface area contributed by atoms with Gasteiger partial charge in [-0.2, -0.15) is 0 Å². The number of aromatic nitrogens is 4. The van der Waals surface area contributed by atoms with Crippen molar-refractivity contribution in [3.8, 4) is 17.2 Å². The zero-order valence-electron chi connectivity index (χ0n) is 20.7. The zero-order chi connectivity index (χ0) is 24.2. The molecule has 1 saturated carbocycles. The number of furan rings is 1. The van der Waals surface area contributed by atoms with Crippen LogP contribution in [0.5, 0.6) is 17.2 Å². The van der Waals surface area contributed by atoms with Gasteiger partial charge in [0.25, 0.3) is 0 Å². The molecule has 0 N–H and O–H groups in total. The number of piperazine rings is 1. The van der Waals surface area contributed by atoms with Gasteiger partial charge in [-0.15, -0.1) is 5.10 Å². The number of hydrogen-bond acceptors (Lipinski definition) is 9. The molecule has 0 radical (unpaired) electrons. The first-order valence-corrected chi connectivity index (χ1v) is 12.3. The maximum absolute atomic E-state index is 5.67. The monoisotopic (exact) mass is 482 g/mol. The molecule has 1 aliphatic heterocycles. The highest BCUT2D eigenvalue weighted by Gasteiger charge is 2.34. The van der Waals surface area contributed by atoms with Crippen molar-refractivity contribution in [2.24, 2.45) is 0 Å². The maximum atomic E-state index is 5.67. The van der Waals surface area contributed by atoms with E-state index in [1.807, 2.05) is 28.9 Å². The van der Waals surface area contributed by atoms with Crippen LogP contribution in [0.3, 0.4) is 0 Å². The summed E-state index contributed by atoms with van der Waals surface area (Å²) in [7, 11) is 4.89. The summed E-state index contributed by atoms with van der Waals surface area (Å²) in [5.74, 6) is 3.35. The molecule has 2 aromatic heterocycles. The number of hydrogen-bond donors (Lipinski definition) is 0. The van der Waals surface area contributed by atoms with E-state index in [-0.39, 0.29) is 6.04 Å². The smallest absolute Gasteiger partial charge is 0.203 e. The average molecular weight is 483 g/mol. The Hall–Kier alpha value is -3.11. The number of rotatable bonds is 9. The molecule has 10 heteroatoms. The predicted octanol–water partition coefficient (Wildman–Crippen LogP) is 2.99. The van der Waals surface area contributed by atoms with Gasteiger partial charge in [0, 0.05) is 32.2 Å². The van der Waals surface area contributed by atoms with Crippen LogP contribution in [0, 0.1) is 0 Å². The van der Waals surface area contributed by atoms with Crippen molar-refractivity contribution in [1.82, 2.24) is 30.0 Å². The highest BCUT2D eigenvalue weighted by molar-refractivity contribution is 5.55. The molecule has 1 atom stereocenters. The van der Waals surface area contributed by atoms with E-state index in [4.69, 9.17) is 18.6 Å². The van der Waals surface area contributed by atoms with Crippen LogP contribution in [-0.4, -0.2) is 83.6 Å². The minimum atomic E-state index is -0.181. The molecule has 0 unspecified atom stereocenters. The van der Waals surface area contributed by atoms with Gasteiger partial charge in [0.05, 0.1) is 33.6 Å². The molecule has 35 heavy (non-hydrogen) atoms. The summed E-state index contributed by atoms with van der Waals surface area (Å²) in [5.41, 5.74) is 0.990. The van der Waals surface area contributed by atoms with Crippen LogP contribution in [0.1, 0.15) is 48.9 Å². The number of ether oxygens (including phenoxy) is 3. The summed E-state index contributed by atoms with van der Waals surface area (Å²) in [5, 5.41) is 12.8. The minimum Gasteiger partial charge on any atom is -0.493 e. The number of methoxy groups -OCH3 is 3. The van der Waals surface area contributed by atoms with Gasteiger partial charge < -0.3 is 18.6 Å². The van der Waals surface area contributed by atoms with Crippen LogP contribution in [0.2, 0.25) is 0 Å². The van der Waals surface area contributed by atoms with E-state index in [0.29, 0.717) is 23.8 Å². The van der Waals surface area contributed by atoms with Crippen LogP contribution in [-0.2, 0) is 6.54 Å². The van der Waals surface area contributed by atoms with Gasteiger partial charge in [-0.3, -0.25) is 9.80 Å². The molecule has 10 nitrogen and oxygen atoms in total. The summed E-state index contributed by atoms with van der Waals surface area (Å²) in [6.07, 6.45) is 6.99. The topological polar surface area (TPSA) is 90.9 Å². The molecule has 188 valence electrons. The summed E-state index contributed by atoms with van der Waals surface area (Å²) in [4.78, 5) is 5.11. The summed E-state index contributed by atoms with van der Waals surface area (Å²) >= 11 is 0. The van der Waals surface area contributed by atoms with Crippen molar-refractivity contribution in [3.63, 3.8) is 0 Å². The first-order chi connectivity index (χ1) is 17.2. The Labute approximate surface area is 205 Å². The van der Waals surface area contributed by atoms with E-state index < -0.39 is 0 Å². The number of benzene rings is 1. The molecule has 1 aromatic carbocycles. The molecule has 3 aromatic rings. The van der Waals surface area contributed by atoms with Gasteiger partial charge in [-0.25, -0.2) is 4.68 Å². The lowest BCUT2D eigenvalue weighted by Gasteiger charge is -2.41. The van der Waals surface area contributed by atoms with Gasteiger partial charge in [-0.1, -0.05) is 12.8 Å². The number of nitrogens with zero attached hydrogens (tertiary/aromatic N) is 6. The number of tetrazole rings is 1. The Morgan fingerprint density at radius 2 is 1.71 bits per heavy atom. The van der Waals surface area contributed by atoms with E-state index in [1.165, 1.54) is 25.7 Å². The fourth-order valence-electron chi connectivity index (χ4n) is 5.48. The fraction of sp³-hybridized carbons (Fsp3) is 0.560. The molecule has 5 rings (SSSR count). The third-order valence-electron chi connectivity index (χ3n) is 7.25. The third kappa shape index (κ3) is 4.85. The average Bonchev–Trinajstić information content (AvgIpc) is 3.68. The van der Waals surface area contributed by atoms with Crippen LogP contribution in [0.25, 0.3) is 0 Å². The lowest BCUT2D eigenvalue weighted by molar-refractivity contribution is 0.0769. The van der Waals surface area contributed by atoms with E-state index in [9.17, 15) is 0 Å². The highest BCUT2D eigenvalue weighted by atomic mass is 16.5. The van der Waals surface area contributed by atoms with E-state index in [1.54, 1.807) is 27.6 Å². The van der Waals surface area contributed by atoms with Gasteiger partial charge in [0.15, 0.2) is 17.3 Å². The van der Waals surface area contributed by atoms with Crippen molar-refractivity contribution >= 4 is 0 Å². The van der Waals surface area contributed by atoms with Crippen LogP contribution >= 0.6 is 0 Å². The molecule has 2 fully saturated rings. The SMILES string of the molecule is COc1cc([C@@H](c2nnnn2Cc2ccco2)N2CCN(C3CCCC3)CC2)cc(OC)c1OC.